The van der Waals surface area contributed by atoms with Crippen molar-refractivity contribution in [2.75, 3.05) is 31.1 Å². The Hall–Kier alpha value is -2.50. The fraction of sp³-hybridized carbons (Fsp3) is 0.630. The van der Waals surface area contributed by atoms with Gasteiger partial charge in [0.25, 0.3) is 0 Å². The first kappa shape index (κ1) is 23.7. The lowest BCUT2D eigenvalue weighted by Gasteiger charge is -2.33. The maximum atomic E-state index is 12.3. The van der Waals surface area contributed by atoms with E-state index < -0.39 is 5.60 Å². The van der Waals surface area contributed by atoms with E-state index in [0.717, 1.165) is 74.1 Å². The largest absolute Gasteiger partial charge is 0.444 e. The van der Waals surface area contributed by atoms with E-state index in [4.69, 9.17) is 9.26 Å². The van der Waals surface area contributed by atoms with Crippen LogP contribution in [0.5, 0.6) is 0 Å². The molecule has 2 fully saturated rings. The second-order valence-corrected chi connectivity index (χ2v) is 10.5. The average Bonchev–Trinajstić information content (AvgIpc) is 3.21. The Balaban J connectivity index is 1.40. The fourth-order valence-electron chi connectivity index (χ4n) is 5.05. The topological polar surface area (TPSA) is 58.8 Å². The molecule has 2 saturated heterocycles. The Morgan fingerprint density at radius 2 is 1.88 bits per heavy atom. The fourth-order valence-corrected chi connectivity index (χ4v) is 5.05. The second-order valence-electron chi connectivity index (χ2n) is 10.5. The number of carbonyl (C=O) groups is 1. The van der Waals surface area contributed by atoms with Crippen LogP contribution in [0.4, 0.5) is 10.5 Å². The normalized spacial score (nSPS) is 18.4. The van der Waals surface area contributed by atoms with E-state index in [-0.39, 0.29) is 6.09 Å². The third-order valence-corrected chi connectivity index (χ3v) is 6.82. The van der Waals surface area contributed by atoms with Crippen LogP contribution in [0.2, 0.25) is 0 Å². The van der Waals surface area contributed by atoms with Crippen molar-refractivity contribution in [2.24, 2.45) is 5.92 Å². The maximum Gasteiger partial charge on any atom is 0.410 e. The Bertz CT molecular complexity index is 974. The van der Waals surface area contributed by atoms with Gasteiger partial charge < -0.3 is 19.1 Å². The number of anilines is 1. The van der Waals surface area contributed by atoms with Gasteiger partial charge in [-0.15, -0.1) is 0 Å². The molecule has 2 aromatic rings. The molecule has 0 atom stereocenters. The van der Waals surface area contributed by atoms with Gasteiger partial charge in [-0.3, -0.25) is 0 Å². The van der Waals surface area contributed by atoms with Crippen LogP contribution in [-0.2, 0) is 11.2 Å². The molecule has 1 aromatic heterocycles. The zero-order valence-electron chi connectivity index (χ0n) is 20.7. The molecule has 1 aromatic carbocycles. The number of hydrogen-bond donors (Lipinski definition) is 0. The van der Waals surface area contributed by atoms with Crippen molar-refractivity contribution in [3.05, 3.63) is 29.5 Å². The number of aromatic nitrogens is 1. The molecular formula is C27H39N3O3. The van der Waals surface area contributed by atoms with Crippen molar-refractivity contribution in [1.82, 2.24) is 10.1 Å². The minimum absolute atomic E-state index is 0.190. The lowest BCUT2D eigenvalue weighted by Crippen LogP contribution is -2.41. The van der Waals surface area contributed by atoms with Gasteiger partial charge in [0.15, 0.2) is 5.58 Å². The smallest absolute Gasteiger partial charge is 0.410 e. The van der Waals surface area contributed by atoms with Crippen LogP contribution in [0.15, 0.2) is 22.7 Å². The summed E-state index contributed by atoms with van der Waals surface area (Å²) in [7, 11) is 0. The third-order valence-electron chi connectivity index (χ3n) is 6.82. The van der Waals surface area contributed by atoms with Crippen LogP contribution >= 0.6 is 0 Å². The molecule has 6 heteroatoms. The van der Waals surface area contributed by atoms with E-state index in [1.54, 1.807) is 0 Å². The number of fused-ring (bicyclic) bond motifs is 1. The Kier molecular flexibility index (Phi) is 7.30. The summed E-state index contributed by atoms with van der Waals surface area (Å²) in [6.07, 6.45) is 11.9. The molecule has 0 aliphatic carbocycles. The second kappa shape index (κ2) is 10.2. The minimum Gasteiger partial charge on any atom is -0.444 e. The maximum absolute atomic E-state index is 12.3. The van der Waals surface area contributed by atoms with Gasteiger partial charge in [0.2, 0.25) is 0 Å². The zero-order valence-corrected chi connectivity index (χ0v) is 20.7. The lowest BCUT2D eigenvalue weighted by molar-refractivity contribution is 0.0181. The number of carbonyl (C=O) groups excluding carboxylic acids is 1. The molecular weight excluding hydrogens is 414 g/mol. The standard InChI is InChI=1S/C27H39N3O3/c1-5-9-22-24(29-16-7-6-8-17-29)13-11-21-23(28-33-25(21)22)12-10-20-14-18-30(19-15-20)26(31)32-27(2,3)4/h5,9,11,13,20H,6-8,10,12,14-19H2,1-4H3/b9-5+. The summed E-state index contributed by atoms with van der Waals surface area (Å²) < 4.78 is 11.4. The molecule has 0 unspecified atom stereocenters. The Morgan fingerprint density at radius 1 is 1.15 bits per heavy atom. The van der Waals surface area contributed by atoms with E-state index >= 15 is 0 Å². The van der Waals surface area contributed by atoms with Crippen LogP contribution in [-0.4, -0.2) is 47.9 Å². The number of amides is 1. The molecule has 0 radical (unpaired) electrons. The summed E-state index contributed by atoms with van der Waals surface area (Å²) in [5.41, 5.74) is 3.93. The molecule has 0 bridgehead atoms. The van der Waals surface area contributed by atoms with Crippen molar-refractivity contribution in [1.29, 1.82) is 0 Å². The van der Waals surface area contributed by atoms with E-state index in [1.807, 2.05) is 25.7 Å². The minimum atomic E-state index is -0.443. The van der Waals surface area contributed by atoms with E-state index in [2.05, 4.69) is 41.3 Å². The highest BCUT2D eigenvalue weighted by Crippen LogP contribution is 2.34. The molecule has 0 N–H and O–H groups in total. The monoisotopic (exact) mass is 453 g/mol. The molecule has 2 aliphatic rings. The van der Waals surface area contributed by atoms with Crippen LogP contribution in [0, 0.1) is 5.92 Å². The molecule has 3 heterocycles. The predicted molar refractivity (Wildman–Crippen MR) is 134 cm³/mol. The summed E-state index contributed by atoms with van der Waals surface area (Å²) in [5, 5.41) is 5.61. The van der Waals surface area contributed by atoms with E-state index in [1.165, 1.54) is 24.9 Å². The van der Waals surface area contributed by atoms with Gasteiger partial charge >= 0.3 is 6.09 Å². The first-order chi connectivity index (χ1) is 15.9. The van der Waals surface area contributed by atoms with Crippen molar-refractivity contribution < 1.29 is 14.1 Å². The summed E-state index contributed by atoms with van der Waals surface area (Å²) in [5.74, 6) is 0.595. The van der Waals surface area contributed by atoms with Gasteiger partial charge in [-0.1, -0.05) is 17.3 Å². The number of hydrogen-bond acceptors (Lipinski definition) is 5. The third kappa shape index (κ3) is 5.71. The molecule has 4 rings (SSSR count). The first-order valence-corrected chi connectivity index (χ1v) is 12.6. The molecule has 6 nitrogen and oxygen atoms in total. The number of rotatable bonds is 5. The number of benzene rings is 1. The Labute approximate surface area is 197 Å². The molecule has 180 valence electrons. The molecule has 0 saturated carbocycles. The molecule has 0 spiro atoms. The van der Waals surface area contributed by atoms with Crippen LogP contribution in [0.1, 0.15) is 77.5 Å². The van der Waals surface area contributed by atoms with Crippen molar-refractivity contribution in [3.8, 4) is 0 Å². The highest BCUT2D eigenvalue weighted by Gasteiger charge is 2.27. The summed E-state index contributed by atoms with van der Waals surface area (Å²) >= 11 is 0. The number of piperidine rings is 2. The molecule has 2 aliphatic heterocycles. The molecule has 1 amide bonds. The van der Waals surface area contributed by atoms with Gasteiger partial charge in [0, 0.05) is 42.8 Å². The summed E-state index contributed by atoms with van der Waals surface area (Å²) in [6.45, 7) is 11.6. The number of aryl methyl sites for hydroxylation is 1. The van der Waals surface area contributed by atoms with Gasteiger partial charge in [0.05, 0.1) is 5.69 Å². The number of nitrogens with zero attached hydrogens (tertiary/aromatic N) is 3. The predicted octanol–water partition coefficient (Wildman–Crippen LogP) is 6.43. The van der Waals surface area contributed by atoms with Crippen LogP contribution in [0.25, 0.3) is 17.0 Å². The van der Waals surface area contributed by atoms with E-state index in [0.29, 0.717) is 5.92 Å². The number of allylic oxidation sites excluding steroid dienone is 1. The van der Waals surface area contributed by atoms with Gasteiger partial charge in [0.1, 0.15) is 5.60 Å². The SMILES string of the molecule is C/C=C/c1c(N2CCCCC2)ccc2c(CCC3CCN(C(=O)OC(C)(C)C)CC3)noc12. The lowest BCUT2D eigenvalue weighted by atomic mass is 9.91. The number of likely N-dealkylation sites (tertiary alicyclic amines) is 1. The average molecular weight is 454 g/mol. The van der Waals surface area contributed by atoms with E-state index in [9.17, 15) is 4.79 Å². The van der Waals surface area contributed by atoms with Gasteiger partial charge in [-0.25, -0.2) is 4.79 Å². The molecule has 33 heavy (non-hydrogen) atoms. The van der Waals surface area contributed by atoms with Crippen LogP contribution < -0.4 is 4.90 Å². The summed E-state index contributed by atoms with van der Waals surface area (Å²) in [4.78, 5) is 16.6. The number of ether oxygens (including phenoxy) is 1. The zero-order chi connectivity index (χ0) is 23.4. The summed E-state index contributed by atoms with van der Waals surface area (Å²) in [6, 6.07) is 4.45. The highest BCUT2D eigenvalue weighted by atomic mass is 16.6. The van der Waals surface area contributed by atoms with Crippen molar-refractivity contribution >= 4 is 28.8 Å². The van der Waals surface area contributed by atoms with Gasteiger partial charge in [-0.2, -0.15) is 0 Å². The quantitative estimate of drug-likeness (QED) is 0.522. The van der Waals surface area contributed by atoms with Crippen LogP contribution in [0.3, 0.4) is 0 Å². The van der Waals surface area contributed by atoms with Crippen molar-refractivity contribution in [2.45, 2.75) is 78.2 Å². The van der Waals surface area contributed by atoms with Crippen molar-refractivity contribution in [3.63, 3.8) is 0 Å². The Morgan fingerprint density at radius 3 is 2.55 bits per heavy atom. The first-order valence-electron chi connectivity index (χ1n) is 12.6. The van der Waals surface area contributed by atoms with Gasteiger partial charge in [-0.05, 0) is 90.7 Å². The highest BCUT2D eigenvalue weighted by molar-refractivity contribution is 5.93.